The van der Waals surface area contributed by atoms with Gasteiger partial charge in [0.25, 0.3) is 0 Å². The van der Waals surface area contributed by atoms with E-state index >= 15 is 0 Å². The molecule has 0 amide bonds. The zero-order chi connectivity index (χ0) is 18.0. The van der Waals surface area contributed by atoms with Gasteiger partial charge in [0.05, 0.1) is 4.90 Å². The molecule has 1 aliphatic heterocycles. The van der Waals surface area contributed by atoms with E-state index in [2.05, 4.69) is 4.90 Å². The lowest BCUT2D eigenvalue weighted by molar-refractivity contribution is 0.101. The number of hydrogen-bond acceptors (Lipinski definition) is 4. The number of nitrogens with zero attached hydrogens (tertiary/aromatic N) is 2. The Labute approximate surface area is 148 Å². The van der Waals surface area contributed by atoms with E-state index in [1.54, 1.807) is 12.1 Å². The monoisotopic (exact) mass is 358 g/mol. The van der Waals surface area contributed by atoms with Crippen molar-refractivity contribution in [3.8, 4) is 0 Å². The Bertz CT molecular complexity index is 848. The van der Waals surface area contributed by atoms with Gasteiger partial charge in [-0.05, 0) is 31.7 Å². The molecule has 25 heavy (non-hydrogen) atoms. The summed E-state index contributed by atoms with van der Waals surface area (Å²) in [5.41, 5.74) is 1.62. The van der Waals surface area contributed by atoms with E-state index in [0.29, 0.717) is 25.2 Å². The molecule has 1 fully saturated rings. The molecular weight excluding hydrogens is 336 g/mol. The van der Waals surface area contributed by atoms with Crippen molar-refractivity contribution < 1.29 is 13.2 Å². The van der Waals surface area contributed by atoms with Crippen LogP contribution in [0.15, 0.2) is 59.5 Å². The van der Waals surface area contributed by atoms with Crippen LogP contribution in [0.4, 0.5) is 0 Å². The van der Waals surface area contributed by atoms with Crippen LogP contribution >= 0.6 is 0 Å². The van der Waals surface area contributed by atoms with Crippen LogP contribution in [0, 0.1) is 0 Å². The molecule has 1 saturated heterocycles. The number of likely N-dealkylation sites (N-methyl/N-ethyl adjacent to an activating group) is 1. The standard InChI is InChI=1S/C19H22N2O3S/c1-15(22)16-8-10-18(11-9-16)25(23,24)21-13-12-20(2)19(14-21)17-6-4-3-5-7-17/h3-11,19H,12-14H2,1-2H3. The quantitative estimate of drug-likeness (QED) is 0.788. The van der Waals surface area contributed by atoms with E-state index in [-0.39, 0.29) is 16.7 Å². The largest absolute Gasteiger partial charge is 0.297 e. The number of carbonyl (C=O) groups is 1. The molecule has 1 aliphatic rings. The first-order valence-corrected chi connectivity index (χ1v) is 9.70. The van der Waals surface area contributed by atoms with Crippen LogP contribution in [0.1, 0.15) is 28.9 Å². The topological polar surface area (TPSA) is 57.7 Å². The highest BCUT2D eigenvalue weighted by Crippen LogP contribution is 2.27. The molecular formula is C19H22N2O3S. The molecule has 0 spiro atoms. The summed E-state index contributed by atoms with van der Waals surface area (Å²) in [5, 5.41) is 0. The Hall–Kier alpha value is -2.02. The minimum atomic E-state index is -3.57. The third-order valence-electron chi connectivity index (χ3n) is 4.69. The average molecular weight is 358 g/mol. The van der Waals surface area contributed by atoms with E-state index in [1.165, 1.54) is 23.4 Å². The maximum absolute atomic E-state index is 13.0. The minimum absolute atomic E-state index is 0.0289. The van der Waals surface area contributed by atoms with Crippen molar-refractivity contribution in [2.24, 2.45) is 0 Å². The van der Waals surface area contributed by atoms with Crippen molar-refractivity contribution in [2.45, 2.75) is 17.9 Å². The summed E-state index contributed by atoms with van der Waals surface area (Å²) in [5.74, 6) is -0.0762. The number of Topliss-reactive ketones (excluding diaryl/α,β-unsaturated/α-hetero) is 1. The molecule has 0 bridgehead atoms. The lowest BCUT2D eigenvalue weighted by Gasteiger charge is -2.39. The van der Waals surface area contributed by atoms with Gasteiger partial charge in [0.1, 0.15) is 0 Å². The Morgan fingerprint density at radius 1 is 1.00 bits per heavy atom. The van der Waals surface area contributed by atoms with Gasteiger partial charge in [-0.25, -0.2) is 8.42 Å². The second kappa shape index (κ2) is 7.07. The Balaban J connectivity index is 1.86. The smallest absolute Gasteiger partial charge is 0.243 e. The summed E-state index contributed by atoms with van der Waals surface area (Å²) in [7, 11) is -1.56. The van der Waals surface area contributed by atoms with Crippen LogP contribution in [0.3, 0.4) is 0 Å². The second-order valence-corrected chi connectivity index (χ2v) is 8.29. The fourth-order valence-corrected chi connectivity index (χ4v) is 4.55. The number of sulfonamides is 1. The van der Waals surface area contributed by atoms with Gasteiger partial charge in [0, 0.05) is 31.2 Å². The average Bonchev–Trinajstić information content (AvgIpc) is 2.62. The van der Waals surface area contributed by atoms with Gasteiger partial charge in [-0.2, -0.15) is 4.31 Å². The van der Waals surface area contributed by atoms with Crippen LogP contribution < -0.4 is 0 Å². The SMILES string of the molecule is CC(=O)c1ccc(S(=O)(=O)N2CCN(C)C(c3ccccc3)C2)cc1. The number of piperazine rings is 1. The zero-order valence-electron chi connectivity index (χ0n) is 14.4. The van der Waals surface area contributed by atoms with Crippen LogP contribution in [0.25, 0.3) is 0 Å². The first-order chi connectivity index (χ1) is 11.9. The van der Waals surface area contributed by atoms with Gasteiger partial charge >= 0.3 is 0 Å². The minimum Gasteiger partial charge on any atom is -0.297 e. The highest BCUT2D eigenvalue weighted by molar-refractivity contribution is 7.89. The second-order valence-electron chi connectivity index (χ2n) is 6.35. The third kappa shape index (κ3) is 3.66. The van der Waals surface area contributed by atoms with Gasteiger partial charge in [-0.15, -0.1) is 0 Å². The fourth-order valence-electron chi connectivity index (χ4n) is 3.11. The maximum Gasteiger partial charge on any atom is 0.243 e. The van der Waals surface area contributed by atoms with Crippen molar-refractivity contribution in [2.75, 3.05) is 26.7 Å². The molecule has 1 heterocycles. The van der Waals surface area contributed by atoms with Gasteiger partial charge in [0.15, 0.2) is 5.78 Å². The summed E-state index contributed by atoms with van der Waals surface area (Å²) < 4.78 is 27.5. The molecule has 0 aliphatic carbocycles. The van der Waals surface area contributed by atoms with Crippen LogP contribution in [-0.4, -0.2) is 50.1 Å². The third-order valence-corrected chi connectivity index (χ3v) is 6.57. The zero-order valence-corrected chi connectivity index (χ0v) is 15.2. The van der Waals surface area contributed by atoms with Crippen LogP contribution in [0.5, 0.6) is 0 Å². The molecule has 132 valence electrons. The van der Waals surface area contributed by atoms with Crippen LogP contribution in [0.2, 0.25) is 0 Å². The molecule has 2 aromatic rings. The predicted octanol–water partition coefficient (Wildman–Crippen LogP) is 2.57. The first kappa shape index (κ1) is 17.8. The van der Waals surface area contributed by atoms with Crippen molar-refractivity contribution in [3.63, 3.8) is 0 Å². The van der Waals surface area contributed by atoms with Crippen molar-refractivity contribution >= 4 is 15.8 Å². The Morgan fingerprint density at radius 2 is 1.64 bits per heavy atom. The Kier molecular flexibility index (Phi) is 5.03. The number of ketones is 1. The van der Waals surface area contributed by atoms with Crippen LogP contribution in [-0.2, 0) is 10.0 Å². The van der Waals surface area contributed by atoms with E-state index < -0.39 is 10.0 Å². The van der Waals surface area contributed by atoms with E-state index in [0.717, 1.165) is 5.56 Å². The molecule has 0 radical (unpaired) electrons. The van der Waals surface area contributed by atoms with Crippen molar-refractivity contribution in [3.05, 3.63) is 65.7 Å². The first-order valence-electron chi connectivity index (χ1n) is 8.26. The normalized spacial score (nSPS) is 19.7. The van der Waals surface area contributed by atoms with Crippen molar-refractivity contribution in [1.82, 2.24) is 9.21 Å². The van der Waals surface area contributed by atoms with Gasteiger partial charge in [-0.1, -0.05) is 42.5 Å². The molecule has 5 nitrogen and oxygen atoms in total. The number of hydrogen-bond donors (Lipinski definition) is 0. The van der Waals surface area contributed by atoms with Gasteiger partial charge < -0.3 is 0 Å². The number of rotatable bonds is 4. The summed E-state index contributed by atoms with van der Waals surface area (Å²) in [4.78, 5) is 13.8. The predicted molar refractivity (Wildman–Crippen MR) is 97.0 cm³/mol. The Morgan fingerprint density at radius 3 is 2.24 bits per heavy atom. The molecule has 0 N–H and O–H groups in total. The fraction of sp³-hybridized carbons (Fsp3) is 0.316. The van der Waals surface area contributed by atoms with Crippen molar-refractivity contribution in [1.29, 1.82) is 0 Å². The molecule has 3 rings (SSSR count). The van der Waals surface area contributed by atoms with E-state index in [1.807, 2.05) is 37.4 Å². The van der Waals surface area contributed by atoms with Gasteiger partial charge in [-0.3, -0.25) is 9.69 Å². The highest BCUT2D eigenvalue weighted by atomic mass is 32.2. The molecule has 6 heteroatoms. The molecule has 1 atom stereocenters. The number of carbonyl (C=O) groups excluding carboxylic acids is 1. The number of benzene rings is 2. The molecule has 0 aromatic heterocycles. The summed E-state index contributed by atoms with van der Waals surface area (Å²) in [6.07, 6.45) is 0. The summed E-state index contributed by atoms with van der Waals surface area (Å²) in [6, 6.07) is 16.1. The highest BCUT2D eigenvalue weighted by Gasteiger charge is 2.33. The molecule has 1 unspecified atom stereocenters. The lowest BCUT2D eigenvalue weighted by Crippen LogP contribution is -2.48. The van der Waals surface area contributed by atoms with Gasteiger partial charge in [0.2, 0.25) is 10.0 Å². The van der Waals surface area contributed by atoms with E-state index in [9.17, 15) is 13.2 Å². The lowest BCUT2D eigenvalue weighted by atomic mass is 10.0. The maximum atomic E-state index is 13.0. The van der Waals surface area contributed by atoms with E-state index in [4.69, 9.17) is 0 Å². The molecule has 0 saturated carbocycles. The molecule has 2 aromatic carbocycles. The summed E-state index contributed by atoms with van der Waals surface area (Å²) >= 11 is 0. The summed E-state index contributed by atoms with van der Waals surface area (Å²) in [6.45, 7) is 3.01.